The van der Waals surface area contributed by atoms with Crippen molar-refractivity contribution >= 4 is 16.9 Å². The van der Waals surface area contributed by atoms with E-state index < -0.39 is 5.82 Å². The molecule has 0 bridgehead atoms. The summed E-state index contributed by atoms with van der Waals surface area (Å²) in [6.45, 7) is 6.28. The summed E-state index contributed by atoms with van der Waals surface area (Å²) in [5.74, 6) is 0.102. The highest BCUT2D eigenvalue weighted by atomic mass is 19.1. The van der Waals surface area contributed by atoms with Crippen molar-refractivity contribution in [1.29, 1.82) is 0 Å². The van der Waals surface area contributed by atoms with Crippen molar-refractivity contribution in [2.45, 2.75) is 33.4 Å². The molecule has 0 aliphatic rings. The largest absolute Gasteiger partial charge is 0.488 e. The maximum atomic E-state index is 14.3. The molecule has 0 saturated heterocycles. The molecule has 0 saturated carbocycles. The quantitative estimate of drug-likeness (QED) is 0.800. The summed E-state index contributed by atoms with van der Waals surface area (Å²) in [6, 6.07) is 4.75. The number of hydrogen-bond acceptors (Lipinski definition) is 5. The van der Waals surface area contributed by atoms with Crippen LogP contribution in [0.25, 0.3) is 22.3 Å². The van der Waals surface area contributed by atoms with Gasteiger partial charge in [-0.05, 0) is 39.0 Å². The first-order valence-corrected chi connectivity index (χ1v) is 7.44. The average molecular weight is 315 g/mol. The molecule has 0 fully saturated rings. The van der Waals surface area contributed by atoms with E-state index in [4.69, 9.17) is 10.5 Å². The summed E-state index contributed by atoms with van der Waals surface area (Å²) in [7, 11) is 0. The van der Waals surface area contributed by atoms with E-state index in [0.29, 0.717) is 34.7 Å². The van der Waals surface area contributed by atoms with Crippen molar-refractivity contribution in [3.63, 3.8) is 0 Å². The lowest BCUT2D eigenvalue weighted by Gasteiger charge is -2.11. The summed E-state index contributed by atoms with van der Waals surface area (Å²) in [5, 5.41) is 5.13. The Morgan fingerprint density at radius 2 is 2.09 bits per heavy atom. The molecule has 3 rings (SSSR count). The van der Waals surface area contributed by atoms with Crippen molar-refractivity contribution in [2.75, 3.05) is 5.73 Å². The van der Waals surface area contributed by atoms with Gasteiger partial charge >= 0.3 is 0 Å². The lowest BCUT2D eigenvalue weighted by Crippen LogP contribution is -2.06. The third kappa shape index (κ3) is 2.69. The van der Waals surface area contributed by atoms with E-state index in [-0.39, 0.29) is 11.9 Å². The first kappa shape index (κ1) is 15.2. The minimum atomic E-state index is -0.439. The number of fused-ring (bicyclic) bond motifs is 1. The zero-order valence-electron chi connectivity index (χ0n) is 13.2. The number of nitrogens with two attached hydrogens (primary N) is 1. The predicted molar refractivity (Wildman–Crippen MR) is 86.6 cm³/mol. The van der Waals surface area contributed by atoms with Crippen molar-refractivity contribution in [3.05, 3.63) is 30.3 Å². The van der Waals surface area contributed by atoms with Gasteiger partial charge in [-0.15, -0.1) is 0 Å². The highest BCUT2D eigenvalue weighted by molar-refractivity contribution is 5.98. The van der Waals surface area contributed by atoms with Gasteiger partial charge < -0.3 is 10.5 Å². The maximum absolute atomic E-state index is 14.3. The smallest absolute Gasteiger partial charge is 0.165 e. The van der Waals surface area contributed by atoms with Crippen LogP contribution in [0.4, 0.5) is 10.2 Å². The number of ether oxygens (including phenoxy) is 1. The number of anilines is 1. The topological polar surface area (TPSA) is 78.9 Å². The van der Waals surface area contributed by atoms with Crippen molar-refractivity contribution in [2.24, 2.45) is 0 Å². The fourth-order valence-corrected chi connectivity index (χ4v) is 2.45. The summed E-state index contributed by atoms with van der Waals surface area (Å²) in [5.41, 5.74) is 7.78. The van der Waals surface area contributed by atoms with Crippen LogP contribution in [-0.2, 0) is 6.54 Å². The van der Waals surface area contributed by atoms with Gasteiger partial charge in [0, 0.05) is 12.1 Å². The second-order valence-electron chi connectivity index (χ2n) is 5.43. The molecule has 0 amide bonds. The van der Waals surface area contributed by atoms with Crippen LogP contribution < -0.4 is 10.5 Å². The molecule has 7 heteroatoms. The molecule has 23 heavy (non-hydrogen) atoms. The molecule has 1 aromatic carbocycles. The summed E-state index contributed by atoms with van der Waals surface area (Å²) in [6.07, 6.45) is 1.30. The molecule has 0 aliphatic heterocycles. The minimum Gasteiger partial charge on any atom is -0.488 e. The van der Waals surface area contributed by atoms with Gasteiger partial charge in [-0.25, -0.2) is 19.0 Å². The van der Waals surface area contributed by atoms with E-state index in [9.17, 15) is 4.39 Å². The standard InChI is InChI=1S/C16H18FN5O/c1-4-22-16-13(15(18)19-8-20-16)14(21-22)10-5-6-12(11(17)7-10)23-9(2)3/h5-9H,4H2,1-3H3,(H2,18,19,20). The van der Waals surface area contributed by atoms with Gasteiger partial charge in [-0.3, -0.25) is 0 Å². The van der Waals surface area contributed by atoms with Crippen molar-refractivity contribution in [3.8, 4) is 17.0 Å². The second-order valence-corrected chi connectivity index (χ2v) is 5.43. The zero-order valence-corrected chi connectivity index (χ0v) is 13.2. The number of aryl methyl sites for hydroxylation is 1. The Balaban J connectivity index is 2.15. The molecule has 120 valence electrons. The molecule has 6 nitrogen and oxygen atoms in total. The van der Waals surface area contributed by atoms with Gasteiger partial charge in [-0.2, -0.15) is 5.10 Å². The van der Waals surface area contributed by atoms with Crippen LogP contribution in [0.5, 0.6) is 5.75 Å². The van der Waals surface area contributed by atoms with Crippen LogP contribution in [0.3, 0.4) is 0 Å². The van der Waals surface area contributed by atoms with Crippen LogP contribution in [0.1, 0.15) is 20.8 Å². The molecule has 2 N–H and O–H groups in total. The molecule has 2 heterocycles. The number of aromatic nitrogens is 4. The number of nitrogens with zero attached hydrogens (tertiary/aromatic N) is 4. The second kappa shape index (κ2) is 5.83. The van der Waals surface area contributed by atoms with Gasteiger partial charge in [0.2, 0.25) is 0 Å². The van der Waals surface area contributed by atoms with E-state index in [1.54, 1.807) is 16.8 Å². The SMILES string of the molecule is CCn1nc(-c2ccc(OC(C)C)c(F)c2)c2c(N)ncnc21. The molecule has 0 unspecified atom stereocenters. The fraction of sp³-hybridized carbons (Fsp3) is 0.312. The van der Waals surface area contributed by atoms with Crippen LogP contribution in [0.15, 0.2) is 24.5 Å². The van der Waals surface area contributed by atoms with E-state index in [2.05, 4.69) is 15.1 Å². The predicted octanol–water partition coefficient (Wildman–Crippen LogP) is 3.02. The van der Waals surface area contributed by atoms with Gasteiger partial charge in [0.1, 0.15) is 17.8 Å². The van der Waals surface area contributed by atoms with Crippen LogP contribution in [-0.4, -0.2) is 25.9 Å². The normalized spacial score (nSPS) is 11.3. The number of hydrogen-bond donors (Lipinski definition) is 1. The third-order valence-electron chi connectivity index (χ3n) is 3.43. The lowest BCUT2D eigenvalue weighted by molar-refractivity contribution is 0.231. The zero-order chi connectivity index (χ0) is 16.6. The molecule has 2 aromatic heterocycles. The molecule has 3 aromatic rings. The Labute approximate surface area is 133 Å². The third-order valence-corrected chi connectivity index (χ3v) is 3.43. The van der Waals surface area contributed by atoms with Crippen LogP contribution >= 0.6 is 0 Å². The number of rotatable bonds is 4. The van der Waals surface area contributed by atoms with Gasteiger partial charge in [-0.1, -0.05) is 0 Å². The number of halogens is 1. The van der Waals surface area contributed by atoms with Crippen molar-refractivity contribution in [1.82, 2.24) is 19.7 Å². The Bertz CT molecular complexity index is 859. The van der Waals surface area contributed by atoms with E-state index >= 15 is 0 Å². The van der Waals surface area contributed by atoms with Crippen LogP contribution in [0.2, 0.25) is 0 Å². The Morgan fingerprint density at radius 1 is 1.30 bits per heavy atom. The molecule has 0 radical (unpaired) electrons. The van der Waals surface area contributed by atoms with E-state index in [1.165, 1.54) is 12.4 Å². The lowest BCUT2D eigenvalue weighted by atomic mass is 10.1. The van der Waals surface area contributed by atoms with Gasteiger partial charge in [0.15, 0.2) is 17.2 Å². The molecular weight excluding hydrogens is 297 g/mol. The van der Waals surface area contributed by atoms with E-state index in [0.717, 1.165) is 0 Å². The average Bonchev–Trinajstić information content (AvgIpc) is 2.89. The Morgan fingerprint density at radius 3 is 2.74 bits per heavy atom. The molecular formula is C16H18FN5O. The molecule has 0 aliphatic carbocycles. The highest BCUT2D eigenvalue weighted by Crippen LogP contribution is 2.32. The van der Waals surface area contributed by atoms with E-state index in [1.807, 2.05) is 20.8 Å². The van der Waals surface area contributed by atoms with Gasteiger partial charge in [0.05, 0.1) is 11.5 Å². The Kier molecular flexibility index (Phi) is 3.85. The van der Waals surface area contributed by atoms with Gasteiger partial charge in [0.25, 0.3) is 0 Å². The minimum absolute atomic E-state index is 0.0977. The first-order valence-electron chi connectivity index (χ1n) is 7.44. The fourth-order valence-electron chi connectivity index (χ4n) is 2.45. The first-order chi connectivity index (χ1) is 11.0. The molecule has 0 spiro atoms. The summed E-state index contributed by atoms with van der Waals surface area (Å²) in [4.78, 5) is 8.24. The monoisotopic (exact) mass is 315 g/mol. The summed E-state index contributed by atoms with van der Waals surface area (Å²) >= 11 is 0. The maximum Gasteiger partial charge on any atom is 0.165 e. The molecule has 0 atom stereocenters. The van der Waals surface area contributed by atoms with Crippen LogP contribution in [0, 0.1) is 5.82 Å². The highest BCUT2D eigenvalue weighted by Gasteiger charge is 2.17. The number of nitrogen functional groups attached to an aromatic ring is 1. The van der Waals surface area contributed by atoms with Crippen molar-refractivity contribution < 1.29 is 9.13 Å². The Hall–Kier alpha value is -2.70. The number of benzene rings is 1. The summed E-state index contributed by atoms with van der Waals surface area (Å²) < 4.78 is 21.4.